The lowest BCUT2D eigenvalue weighted by Gasteiger charge is -2.08. The number of amides is 1. The maximum atomic E-state index is 13.9. The SMILES string of the molecule is O=C(Nc1cccc(Cl)c1F)c1ccc(Cn2nnc3ccccc32)cc1. The highest BCUT2D eigenvalue weighted by Gasteiger charge is 2.12. The van der Waals surface area contributed by atoms with E-state index in [0.29, 0.717) is 12.1 Å². The Labute approximate surface area is 159 Å². The number of carbonyl (C=O) groups is 1. The summed E-state index contributed by atoms with van der Waals surface area (Å²) in [4.78, 5) is 12.3. The minimum absolute atomic E-state index is 0.0387. The van der Waals surface area contributed by atoms with Gasteiger partial charge >= 0.3 is 0 Å². The summed E-state index contributed by atoms with van der Waals surface area (Å²) in [6, 6.07) is 19.2. The van der Waals surface area contributed by atoms with Gasteiger partial charge in [-0.05, 0) is 42.0 Å². The number of rotatable bonds is 4. The molecule has 4 aromatic rings. The van der Waals surface area contributed by atoms with Gasteiger partial charge in [-0.25, -0.2) is 9.07 Å². The lowest BCUT2D eigenvalue weighted by molar-refractivity contribution is 0.102. The Morgan fingerprint density at radius 1 is 1.04 bits per heavy atom. The average molecular weight is 381 g/mol. The smallest absolute Gasteiger partial charge is 0.255 e. The Hall–Kier alpha value is -3.25. The first-order valence-corrected chi connectivity index (χ1v) is 8.62. The summed E-state index contributed by atoms with van der Waals surface area (Å²) >= 11 is 5.73. The molecule has 0 saturated heterocycles. The van der Waals surface area contributed by atoms with E-state index < -0.39 is 11.7 Å². The number of hydrogen-bond acceptors (Lipinski definition) is 3. The maximum absolute atomic E-state index is 13.9. The second kappa shape index (κ2) is 7.17. The van der Waals surface area contributed by atoms with Gasteiger partial charge in [-0.3, -0.25) is 4.79 Å². The van der Waals surface area contributed by atoms with Gasteiger partial charge in [-0.1, -0.05) is 47.1 Å². The van der Waals surface area contributed by atoms with Crippen LogP contribution in [0, 0.1) is 5.82 Å². The largest absolute Gasteiger partial charge is 0.319 e. The zero-order valence-corrected chi connectivity index (χ0v) is 14.8. The molecule has 0 atom stereocenters. The van der Waals surface area contributed by atoms with Gasteiger partial charge in [-0.15, -0.1) is 5.10 Å². The van der Waals surface area contributed by atoms with Crippen LogP contribution in [0.4, 0.5) is 10.1 Å². The van der Waals surface area contributed by atoms with Crippen LogP contribution < -0.4 is 5.32 Å². The van der Waals surface area contributed by atoms with E-state index >= 15 is 0 Å². The van der Waals surface area contributed by atoms with Crippen LogP contribution in [0.5, 0.6) is 0 Å². The average Bonchev–Trinajstić information content (AvgIpc) is 3.09. The van der Waals surface area contributed by atoms with Gasteiger partial charge in [-0.2, -0.15) is 0 Å². The third kappa shape index (κ3) is 3.52. The van der Waals surface area contributed by atoms with Gasteiger partial charge in [0.2, 0.25) is 0 Å². The van der Waals surface area contributed by atoms with Crippen LogP contribution in [0.3, 0.4) is 0 Å². The highest BCUT2D eigenvalue weighted by molar-refractivity contribution is 6.31. The number of halogens is 2. The number of carbonyl (C=O) groups excluding carboxylic acids is 1. The van der Waals surface area contributed by atoms with Crippen LogP contribution in [-0.2, 0) is 6.54 Å². The molecule has 1 heterocycles. The van der Waals surface area contributed by atoms with Crippen LogP contribution in [0.2, 0.25) is 5.02 Å². The maximum Gasteiger partial charge on any atom is 0.255 e. The molecule has 0 unspecified atom stereocenters. The Balaban J connectivity index is 1.50. The fourth-order valence-corrected chi connectivity index (χ4v) is 2.94. The predicted molar refractivity (Wildman–Crippen MR) is 102 cm³/mol. The summed E-state index contributed by atoms with van der Waals surface area (Å²) in [5, 5.41) is 10.8. The molecule has 7 heteroatoms. The number of benzene rings is 3. The molecule has 0 bridgehead atoms. The number of fused-ring (bicyclic) bond motifs is 1. The van der Waals surface area contributed by atoms with Gasteiger partial charge < -0.3 is 5.32 Å². The van der Waals surface area contributed by atoms with E-state index in [1.165, 1.54) is 12.1 Å². The molecule has 0 aliphatic carbocycles. The first-order valence-electron chi connectivity index (χ1n) is 8.24. The molecule has 4 rings (SSSR count). The van der Waals surface area contributed by atoms with E-state index in [4.69, 9.17) is 11.6 Å². The van der Waals surface area contributed by atoms with Crippen molar-refractivity contribution in [1.29, 1.82) is 0 Å². The van der Waals surface area contributed by atoms with Crippen LogP contribution in [0.25, 0.3) is 11.0 Å². The van der Waals surface area contributed by atoms with Gasteiger partial charge in [0.05, 0.1) is 22.8 Å². The number of anilines is 1. The first-order chi connectivity index (χ1) is 13.1. The van der Waals surface area contributed by atoms with Crippen LogP contribution in [-0.4, -0.2) is 20.9 Å². The summed E-state index contributed by atoms with van der Waals surface area (Å²) in [5.41, 5.74) is 3.20. The third-order valence-corrected chi connectivity index (χ3v) is 4.46. The van der Waals surface area contributed by atoms with Crippen LogP contribution in [0.1, 0.15) is 15.9 Å². The molecule has 1 aromatic heterocycles. The summed E-state index contributed by atoms with van der Waals surface area (Å²) in [6.07, 6.45) is 0. The second-order valence-corrected chi connectivity index (χ2v) is 6.40. The molecule has 0 aliphatic rings. The van der Waals surface area contributed by atoms with Crippen molar-refractivity contribution >= 4 is 34.2 Å². The van der Waals surface area contributed by atoms with Crippen LogP contribution >= 0.6 is 11.6 Å². The third-order valence-electron chi connectivity index (χ3n) is 4.17. The van der Waals surface area contributed by atoms with Crippen molar-refractivity contribution in [2.75, 3.05) is 5.32 Å². The minimum atomic E-state index is -0.651. The van der Waals surface area contributed by atoms with Crippen molar-refractivity contribution in [3.8, 4) is 0 Å². The molecule has 0 saturated carbocycles. The lowest BCUT2D eigenvalue weighted by atomic mass is 10.1. The van der Waals surface area contributed by atoms with E-state index in [9.17, 15) is 9.18 Å². The molecule has 1 N–H and O–H groups in total. The standard InChI is InChI=1S/C20H14ClFN4O/c21-15-4-3-6-17(19(15)22)23-20(27)14-10-8-13(9-11-14)12-26-18-7-2-1-5-16(18)24-25-26/h1-11H,12H2,(H,23,27). The van der Waals surface area contributed by atoms with E-state index in [-0.39, 0.29) is 10.7 Å². The predicted octanol–water partition coefficient (Wildman–Crippen LogP) is 4.52. The Morgan fingerprint density at radius 3 is 2.63 bits per heavy atom. The molecule has 27 heavy (non-hydrogen) atoms. The monoisotopic (exact) mass is 380 g/mol. The number of hydrogen-bond donors (Lipinski definition) is 1. The molecule has 0 fully saturated rings. The van der Waals surface area contributed by atoms with E-state index in [2.05, 4.69) is 15.6 Å². The highest BCUT2D eigenvalue weighted by atomic mass is 35.5. The zero-order chi connectivity index (χ0) is 18.8. The van der Waals surface area contributed by atoms with Crippen molar-refractivity contribution in [3.63, 3.8) is 0 Å². The number of aromatic nitrogens is 3. The number of para-hydroxylation sites is 1. The van der Waals surface area contributed by atoms with Crippen molar-refractivity contribution in [1.82, 2.24) is 15.0 Å². The summed E-state index contributed by atoms with van der Waals surface area (Å²) in [6.45, 7) is 0.533. The van der Waals surface area contributed by atoms with Gasteiger partial charge in [0, 0.05) is 5.56 Å². The lowest BCUT2D eigenvalue weighted by Crippen LogP contribution is -2.13. The number of nitrogens with one attached hydrogen (secondary N) is 1. The topological polar surface area (TPSA) is 59.8 Å². The number of nitrogens with zero attached hydrogens (tertiary/aromatic N) is 3. The molecular formula is C20H14ClFN4O. The Bertz CT molecular complexity index is 1120. The summed E-state index contributed by atoms with van der Waals surface area (Å²) in [5.74, 6) is -1.06. The van der Waals surface area contributed by atoms with Crippen molar-refractivity contribution < 1.29 is 9.18 Å². The van der Waals surface area contributed by atoms with Crippen LogP contribution in [0.15, 0.2) is 66.7 Å². The summed E-state index contributed by atoms with van der Waals surface area (Å²) in [7, 11) is 0. The molecule has 3 aromatic carbocycles. The fraction of sp³-hybridized carbons (Fsp3) is 0.0500. The molecule has 1 amide bonds. The zero-order valence-electron chi connectivity index (χ0n) is 14.1. The first kappa shape index (κ1) is 17.2. The Kier molecular flexibility index (Phi) is 4.56. The van der Waals surface area contributed by atoms with Gasteiger partial charge in [0.1, 0.15) is 5.52 Å². The van der Waals surface area contributed by atoms with Crippen molar-refractivity contribution in [2.45, 2.75) is 6.54 Å². The molecule has 5 nitrogen and oxygen atoms in total. The fourth-order valence-electron chi connectivity index (χ4n) is 2.76. The van der Waals surface area contributed by atoms with Gasteiger partial charge in [0.25, 0.3) is 5.91 Å². The highest BCUT2D eigenvalue weighted by Crippen LogP contribution is 2.22. The van der Waals surface area contributed by atoms with E-state index in [1.807, 2.05) is 36.4 Å². The molecule has 0 spiro atoms. The Morgan fingerprint density at radius 2 is 1.81 bits per heavy atom. The minimum Gasteiger partial charge on any atom is -0.319 e. The van der Waals surface area contributed by atoms with E-state index in [0.717, 1.165) is 16.6 Å². The molecular weight excluding hydrogens is 367 g/mol. The molecule has 0 radical (unpaired) electrons. The molecule has 0 aliphatic heterocycles. The molecule has 134 valence electrons. The quantitative estimate of drug-likeness (QED) is 0.566. The normalized spacial score (nSPS) is 10.9. The van der Waals surface area contributed by atoms with Crippen molar-refractivity contribution in [2.24, 2.45) is 0 Å². The summed E-state index contributed by atoms with van der Waals surface area (Å²) < 4.78 is 15.7. The second-order valence-electron chi connectivity index (χ2n) is 5.99. The van der Waals surface area contributed by atoms with Crippen molar-refractivity contribution in [3.05, 3.63) is 88.7 Å². The van der Waals surface area contributed by atoms with E-state index in [1.54, 1.807) is 22.9 Å². The van der Waals surface area contributed by atoms with Gasteiger partial charge in [0.15, 0.2) is 5.82 Å².